The lowest BCUT2D eigenvalue weighted by Crippen LogP contribution is -2.35. The molecule has 0 unspecified atom stereocenters. The Hall–Kier alpha value is -4.12. The molecule has 0 atom stereocenters. The Bertz CT molecular complexity index is 1140. The number of hydrogen-bond acceptors (Lipinski definition) is 9. The van der Waals surface area contributed by atoms with Crippen molar-refractivity contribution in [3.8, 4) is 11.5 Å². The first kappa shape index (κ1) is 30.4. The second kappa shape index (κ2) is 16.1. The van der Waals surface area contributed by atoms with Crippen molar-refractivity contribution in [1.82, 2.24) is 4.90 Å². The summed E-state index contributed by atoms with van der Waals surface area (Å²) in [6.07, 6.45) is 5.53. The van der Waals surface area contributed by atoms with Gasteiger partial charge >= 0.3 is 5.97 Å². The summed E-state index contributed by atoms with van der Waals surface area (Å²) in [5.74, 6) is 1.49. The van der Waals surface area contributed by atoms with Crippen molar-refractivity contribution in [3.63, 3.8) is 0 Å². The number of amidine groups is 1. The molecular formula is C29H39N5O6. The van der Waals surface area contributed by atoms with Crippen molar-refractivity contribution in [2.45, 2.75) is 46.0 Å². The van der Waals surface area contributed by atoms with Crippen molar-refractivity contribution in [2.75, 3.05) is 32.8 Å². The van der Waals surface area contributed by atoms with E-state index in [9.17, 15) is 9.59 Å². The number of likely N-dealkylation sites (tertiary alicyclic amines) is 1. The van der Waals surface area contributed by atoms with Crippen LogP contribution >= 0.6 is 0 Å². The number of nitrogens with two attached hydrogens (primary N) is 2. The van der Waals surface area contributed by atoms with E-state index in [-0.39, 0.29) is 11.7 Å². The van der Waals surface area contributed by atoms with Crippen molar-refractivity contribution < 1.29 is 28.7 Å². The number of carbonyl (C=O) groups is 2. The number of oxime groups is 2. The second-order valence-electron chi connectivity index (χ2n) is 9.65. The van der Waals surface area contributed by atoms with Crippen LogP contribution in [0.1, 0.15) is 61.9 Å². The molecule has 0 bridgehead atoms. The molecule has 2 aromatic carbocycles. The van der Waals surface area contributed by atoms with E-state index in [1.165, 1.54) is 26.7 Å². The number of primary amides is 1. The average Bonchev–Trinajstić information content (AvgIpc) is 2.96. The van der Waals surface area contributed by atoms with E-state index in [4.69, 9.17) is 25.8 Å². The Morgan fingerprint density at radius 3 is 1.98 bits per heavy atom. The molecule has 0 aromatic heterocycles. The van der Waals surface area contributed by atoms with Gasteiger partial charge in [0.05, 0.1) is 13.2 Å². The molecule has 216 valence electrons. The number of carbonyl (C=O) groups excluding carboxylic acids is 2. The van der Waals surface area contributed by atoms with Crippen LogP contribution < -0.4 is 20.9 Å². The van der Waals surface area contributed by atoms with Gasteiger partial charge in [0.15, 0.2) is 5.84 Å². The van der Waals surface area contributed by atoms with Crippen LogP contribution in [0.15, 0.2) is 58.8 Å². The molecule has 3 rings (SSSR count). The zero-order chi connectivity index (χ0) is 28.7. The Morgan fingerprint density at radius 1 is 0.825 bits per heavy atom. The molecule has 4 N–H and O–H groups in total. The number of nitrogens with zero attached hydrogens (tertiary/aromatic N) is 3. The third kappa shape index (κ3) is 10.9. The Kier molecular flexibility index (Phi) is 12.2. The molecule has 0 radical (unpaired) electrons. The zero-order valence-corrected chi connectivity index (χ0v) is 23.2. The van der Waals surface area contributed by atoms with Gasteiger partial charge in [0.1, 0.15) is 11.5 Å². The van der Waals surface area contributed by atoms with Crippen LogP contribution in [0.25, 0.3) is 0 Å². The molecule has 1 heterocycles. The number of piperidine rings is 1. The van der Waals surface area contributed by atoms with Crippen LogP contribution in [0.4, 0.5) is 0 Å². The minimum atomic E-state index is -0.553. The van der Waals surface area contributed by atoms with Crippen LogP contribution in [-0.4, -0.2) is 61.4 Å². The van der Waals surface area contributed by atoms with Gasteiger partial charge < -0.3 is 35.5 Å². The summed E-state index contributed by atoms with van der Waals surface area (Å²) < 4.78 is 11.7. The fourth-order valence-electron chi connectivity index (χ4n) is 4.29. The molecule has 0 aliphatic carbocycles. The van der Waals surface area contributed by atoms with Gasteiger partial charge in [-0.1, -0.05) is 5.16 Å². The lowest BCUT2D eigenvalue weighted by Gasteiger charge is -2.32. The summed E-state index contributed by atoms with van der Waals surface area (Å²) in [6.45, 7) is 7.29. The van der Waals surface area contributed by atoms with E-state index in [0.717, 1.165) is 56.3 Å². The van der Waals surface area contributed by atoms with Crippen LogP contribution in [0.5, 0.6) is 11.5 Å². The van der Waals surface area contributed by atoms with Gasteiger partial charge in [-0.25, -0.2) is 4.79 Å². The minimum absolute atomic E-state index is 0.0561. The van der Waals surface area contributed by atoms with Gasteiger partial charge in [0, 0.05) is 31.5 Å². The molecule has 2 aromatic rings. The summed E-state index contributed by atoms with van der Waals surface area (Å²) in [4.78, 5) is 33.9. The van der Waals surface area contributed by atoms with E-state index < -0.39 is 11.9 Å². The minimum Gasteiger partial charge on any atom is -0.494 e. The predicted octanol–water partition coefficient (Wildman–Crippen LogP) is 3.66. The Morgan fingerprint density at radius 2 is 1.40 bits per heavy atom. The Balaban J connectivity index is 1.25. The van der Waals surface area contributed by atoms with Gasteiger partial charge in [-0.2, -0.15) is 0 Å². The highest BCUT2D eigenvalue weighted by Crippen LogP contribution is 2.22. The third-order valence-electron chi connectivity index (χ3n) is 6.49. The standard InChI is InChI=1S/C29H39N5O6/c1-21(32-40-22(2)35)39-33-28(30)24-6-10-26(11-7-24)37-19-3-5-23-14-17-34(18-15-23)16-4-20-38-27-12-8-25(9-13-27)29(31)36/h6-13,23H,3-5,14-20H2,1-2H3,(H2,30,33)(H2,31,36). The largest absolute Gasteiger partial charge is 0.494 e. The predicted molar refractivity (Wildman–Crippen MR) is 152 cm³/mol. The van der Waals surface area contributed by atoms with E-state index in [0.29, 0.717) is 24.3 Å². The second-order valence-corrected chi connectivity index (χ2v) is 9.65. The van der Waals surface area contributed by atoms with Crippen molar-refractivity contribution in [2.24, 2.45) is 27.7 Å². The fraction of sp³-hybridized carbons (Fsp3) is 0.448. The molecule has 11 nitrogen and oxygen atoms in total. The molecule has 0 saturated carbocycles. The first-order chi connectivity index (χ1) is 19.3. The maximum atomic E-state index is 11.1. The summed E-state index contributed by atoms with van der Waals surface area (Å²) in [6, 6.07) is 14.2. The van der Waals surface area contributed by atoms with Crippen molar-refractivity contribution in [1.29, 1.82) is 0 Å². The topological polar surface area (TPSA) is 151 Å². The molecule has 0 spiro atoms. The maximum absolute atomic E-state index is 11.1. The monoisotopic (exact) mass is 553 g/mol. The highest BCUT2D eigenvalue weighted by atomic mass is 16.7. The number of hydrogen-bond donors (Lipinski definition) is 2. The van der Waals surface area contributed by atoms with Crippen LogP contribution in [0.2, 0.25) is 0 Å². The first-order valence-corrected chi connectivity index (χ1v) is 13.5. The summed E-state index contributed by atoms with van der Waals surface area (Å²) in [7, 11) is 0. The van der Waals surface area contributed by atoms with Gasteiger partial charge in [-0.05, 0) is 105 Å². The first-order valence-electron chi connectivity index (χ1n) is 13.5. The molecule has 1 fully saturated rings. The van der Waals surface area contributed by atoms with Crippen LogP contribution in [0.3, 0.4) is 0 Å². The van der Waals surface area contributed by atoms with Gasteiger partial charge in [0.2, 0.25) is 5.91 Å². The maximum Gasteiger partial charge on any atom is 0.332 e. The van der Waals surface area contributed by atoms with Crippen LogP contribution in [-0.2, 0) is 14.5 Å². The van der Waals surface area contributed by atoms with E-state index in [1.54, 1.807) is 36.4 Å². The van der Waals surface area contributed by atoms with Gasteiger partial charge in [-0.3, -0.25) is 4.79 Å². The van der Waals surface area contributed by atoms with Crippen molar-refractivity contribution >= 4 is 23.6 Å². The molecule has 1 amide bonds. The third-order valence-corrected chi connectivity index (χ3v) is 6.49. The molecular weight excluding hydrogens is 514 g/mol. The molecule has 40 heavy (non-hydrogen) atoms. The van der Waals surface area contributed by atoms with Crippen LogP contribution in [0, 0.1) is 5.92 Å². The quantitative estimate of drug-likeness (QED) is 0.118. The summed E-state index contributed by atoms with van der Waals surface area (Å²) >= 11 is 0. The van der Waals surface area contributed by atoms with E-state index in [2.05, 4.69) is 20.0 Å². The van der Waals surface area contributed by atoms with Crippen molar-refractivity contribution in [3.05, 3.63) is 59.7 Å². The number of amides is 1. The zero-order valence-electron chi connectivity index (χ0n) is 23.2. The summed E-state index contributed by atoms with van der Waals surface area (Å²) in [5, 5.41) is 7.24. The average molecular weight is 554 g/mol. The highest BCUT2D eigenvalue weighted by Gasteiger charge is 2.18. The molecule has 1 saturated heterocycles. The number of ether oxygens (including phenoxy) is 2. The lowest BCUT2D eigenvalue weighted by atomic mass is 9.92. The highest BCUT2D eigenvalue weighted by molar-refractivity contribution is 5.97. The SMILES string of the molecule is CC(=O)ON=C(C)ON=C(N)c1ccc(OCCCC2CCN(CCCOc3ccc(C(N)=O)cc3)CC2)cc1. The van der Waals surface area contributed by atoms with Gasteiger partial charge in [0.25, 0.3) is 5.90 Å². The summed E-state index contributed by atoms with van der Waals surface area (Å²) in [5.41, 5.74) is 12.3. The normalized spacial score (nSPS) is 14.9. The fourth-order valence-corrected chi connectivity index (χ4v) is 4.29. The lowest BCUT2D eigenvalue weighted by molar-refractivity contribution is -0.141. The number of rotatable bonds is 14. The Labute approximate surface area is 235 Å². The van der Waals surface area contributed by atoms with E-state index >= 15 is 0 Å². The molecule has 1 aliphatic rings. The van der Waals surface area contributed by atoms with Gasteiger partial charge in [-0.15, -0.1) is 0 Å². The van der Waals surface area contributed by atoms with E-state index in [1.807, 2.05) is 12.1 Å². The smallest absolute Gasteiger partial charge is 0.332 e. The number of benzene rings is 2. The molecule has 11 heteroatoms. The molecule has 1 aliphatic heterocycles.